The molecule has 0 radical (unpaired) electrons. The highest BCUT2D eigenvalue weighted by molar-refractivity contribution is 7.91. The third-order valence-corrected chi connectivity index (χ3v) is 4.58. The van der Waals surface area contributed by atoms with E-state index in [1.807, 2.05) is 0 Å². The minimum absolute atomic E-state index is 0.0361. The van der Waals surface area contributed by atoms with Crippen molar-refractivity contribution in [1.29, 1.82) is 0 Å². The number of carboxylic acids is 1. The Hall–Kier alpha value is -1.40. The summed E-state index contributed by atoms with van der Waals surface area (Å²) in [7, 11) is -3.75. The van der Waals surface area contributed by atoms with Gasteiger partial charge >= 0.3 is 5.97 Å². The van der Waals surface area contributed by atoms with Crippen LogP contribution >= 0.6 is 11.6 Å². The standard InChI is InChI=1S/C12H12ClFO4S/c1-7(5-13)6-19(17,18)9-3-8(2)11(14)10(4-9)12(15)16/h3-5H,6H2,1-2H3,(H,15,16)/b7-5-. The van der Waals surface area contributed by atoms with E-state index in [0.717, 1.165) is 17.7 Å². The van der Waals surface area contributed by atoms with Crippen LogP contribution in [0.2, 0.25) is 0 Å². The van der Waals surface area contributed by atoms with Crippen LogP contribution in [-0.4, -0.2) is 25.2 Å². The van der Waals surface area contributed by atoms with E-state index in [4.69, 9.17) is 16.7 Å². The molecule has 4 nitrogen and oxygen atoms in total. The molecule has 1 rings (SSSR count). The van der Waals surface area contributed by atoms with E-state index in [0.29, 0.717) is 5.57 Å². The second-order valence-corrected chi connectivity index (χ2v) is 6.33. The van der Waals surface area contributed by atoms with Crippen LogP contribution in [0.4, 0.5) is 4.39 Å². The summed E-state index contributed by atoms with van der Waals surface area (Å²) in [4.78, 5) is 10.6. The van der Waals surface area contributed by atoms with Gasteiger partial charge in [-0.2, -0.15) is 0 Å². The van der Waals surface area contributed by atoms with Crippen molar-refractivity contribution < 1.29 is 22.7 Å². The van der Waals surface area contributed by atoms with Gasteiger partial charge in [-0.15, -0.1) is 0 Å². The summed E-state index contributed by atoms with van der Waals surface area (Å²) in [5.41, 5.74) is 0.837. The van der Waals surface area contributed by atoms with Crippen molar-refractivity contribution in [2.45, 2.75) is 18.7 Å². The molecular weight excluding hydrogens is 295 g/mol. The number of hydrogen-bond acceptors (Lipinski definition) is 3. The molecule has 0 aromatic heterocycles. The third-order valence-electron chi connectivity index (χ3n) is 2.42. The van der Waals surface area contributed by atoms with Crippen LogP contribution in [0.15, 0.2) is 28.1 Å². The third kappa shape index (κ3) is 3.54. The van der Waals surface area contributed by atoms with Crippen molar-refractivity contribution in [3.8, 4) is 0 Å². The summed E-state index contributed by atoms with van der Waals surface area (Å²) >= 11 is 5.40. The molecule has 0 amide bonds. The minimum atomic E-state index is -3.75. The minimum Gasteiger partial charge on any atom is -0.478 e. The SMILES string of the molecule is C/C(=C/Cl)CS(=O)(=O)c1cc(C)c(F)c(C(=O)O)c1. The molecule has 0 unspecified atom stereocenters. The summed E-state index contributed by atoms with van der Waals surface area (Å²) in [5, 5.41) is 8.84. The second-order valence-electron chi connectivity index (χ2n) is 4.12. The molecular formula is C12H12ClFO4S. The average molecular weight is 307 g/mol. The van der Waals surface area contributed by atoms with Crippen LogP contribution in [0.25, 0.3) is 0 Å². The van der Waals surface area contributed by atoms with Crippen molar-refractivity contribution in [1.82, 2.24) is 0 Å². The van der Waals surface area contributed by atoms with Gasteiger partial charge in [-0.25, -0.2) is 17.6 Å². The molecule has 7 heteroatoms. The first-order valence-electron chi connectivity index (χ1n) is 5.21. The molecule has 0 saturated heterocycles. The monoisotopic (exact) mass is 306 g/mol. The fourth-order valence-electron chi connectivity index (χ4n) is 1.49. The van der Waals surface area contributed by atoms with E-state index in [1.165, 1.54) is 13.8 Å². The van der Waals surface area contributed by atoms with Gasteiger partial charge in [0.2, 0.25) is 0 Å². The normalized spacial score (nSPS) is 12.5. The summed E-state index contributed by atoms with van der Waals surface area (Å²) in [6, 6.07) is 1.93. The van der Waals surface area contributed by atoms with Crippen molar-refractivity contribution in [2.75, 3.05) is 5.75 Å². The zero-order chi connectivity index (χ0) is 14.8. The predicted molar refractivity (Wildman–Crippen MR) is 69.8 cm³/mol. The van der Waals surface area contributed by atoms with E-state index in [9.17, 15) is 17.6 Å². The van der Waals surface area contributed by atoms with Crippen LogP contribution < -0.4 is 0 Å². The molecule has 0 atom stereocenters. The summed E-state index contributed by atoms with van der Waals surface area (Å²) in [6.45, 7) is 2.84. The number of benzene rings is 1. The molecule has 1 aromatic carbocycles. The fourth-order valence-corrected chi connectivity index (χ4v) is 3.16. The van der Waals surface area contributed by atoms with Gasteiger partial charge in [0.15, 0.2) is 9.84 Å². The number of carboxylic acid groups (broad SMARTS) is 1. The lowest BCUT2D eigenvalue weighted by atomic mass is 10.1. The van der Waals surface area contributed by atoms with Gasteiger partial charge in [0, 0.05) is 5.54 Å². The van der Waals surface area contributed by atoms with Gasteiger partial charge in [-0.3, -0.25) is 0 Å². The molecule has 1 aromatic rings. The Morgan fingerprint density at radius 3 is 2.53 bits per heavy atom. The Morgan fingerprint density at radius 2 is 2.05 bits per heavy atom. The smallest absolute Gasteiger partial charge is 0.338 e. The fraction of sp³-hybridized carbons (Fsp3) is 0.250. The van der Waals surface area contributed by atoms with Gasteiger partial charge < -0.3 is 5.11 Å². The van der Waals surface area contributed by atoms with Gasteiger partial charge in [0.25, 0.3) is 0 Å². The van der Waals surface area contributed by atoms with Crippen LogP contribution in [-0.2, 0) is 9.84 Å². The molecule has 0 aliphatic heterocycles. The maximum atomic E-state index is 13.5. The van der Waals surface area contributed by atoms with Gasteiger partial charge in [-0.1, -0.05) is 11.6 Å². The predicted octanol–water partition coefficient (Wildman–Crippen LogP) is 2.75. The van der Waals surface area contributed by atoms with Crippen LogP contribution in [0, 0.1) is 12.7 Å². The molecule has 104 valence electrons. The van der Waals surface area contributed by atoms with E-state index in [2.05, 4.69) is 0 Å². The summed E-state index contributed by atoms with van der Waals surface area (Å²) in [5.74, 6) is -2.79. The van der Waals surface area contributed by atoms with Crippen LogP contribution in [0.1, 0.15) is 22.8 Å². The van der Waals surface area contributed by atoms with Crippen molar-refractivity contribution in [3.63, 3.8) is 0 Å². The Bertz CT molecular complexity index is 650. The molecule has 0 aliphatic carbocycles. The number of rotatable bonds is 4. The number of sulfone groups is 1. The first-order chi connectivity index (χ1) is 8.69. The number of carbonyl (C=O) groups is 1. The highest BCUT2D eigenvalue weighted by atomic mass is 35.5. The number of halogens is 2. The Kier molecular flexibility index (Phi) is 4.70. The Labute approximate surface area is 115 Å². The Balaban J connectivity index is 3.41. The summed E-state index contributed by atoms with van der Waals surface area (Å²) in [6.07, 6.45) is 0. The molecule has 0 fully saturated rings. The molecule has 1 N–H and O–H groups in total. The Morgan fingerprint density at radius 1 is 1.47 bits per heavy atom. The summed E-state index contributed by atoms with van der Waals surface area (Å²) < 4.78 is 37.6. The molecule has 0 spiro atoms. The van der Waals surface area contributed by atoms with Crippen molar-refractivity contribution >= 4 is 27.4 Å². The highest BCUT2D eigenvalue weighted by Crippen LogP contribution is 2.21. The van der Waals surface area contributed by atoms with Crippen LogP contribution in [0.3, 0.4) is 0 Å². The quantitative estimate of drug-likeness (QED) is 0.868. The van der Waals surface area contributed by atoms with E-state index in [1.54, 1.807) is 0 Å². The van der Waals surface area contributed by atoms with Crippen LogP contribution in [0.5, 0.6) is 0 Å². The van der Waals surface area contributed by atoms with Gasteiger partial charge in [0.05, 0.1) is 16.2 Å². The molecule has 0 aliphatic rings. The lowest BCUT2D eigenvalue weighted by Crippen LogP contribution is -2.11. The number of aromatic carboxylic acids is 1. The van der Waals surface area contributed by atoms with E-state index < -0.39 is 27.2 Å². The van der Waals surface area contributed by atoms with Gasteiger partial charge in [0.1, 0.15) is 5.82 Å². The maximum Gasteiger partial charge on any atom is 0.338 e. The average Bonchev–Trinajstić information content (AvgIpc) is 2.31. The number of aryl methyl sites for hydroxylation is 1. The lowest BCUT2D eigenvalue weighted by Gasteiger charge is -2.08. The molecule has 0 heterocycles. The van der Waals surface area contributed by atoms with E-state index >= 15 is 0 Å². The van der Waals surface area contributed by atoms with Crippen molar-refractivity contribution in [3.05, 3.63) is 40.2 Å². The van der Waals surface area contributed by atoms with E-state index in [-0.39, 0.29) is 16.2 Å². The van der Waals surface area contributed by atoms with Crippen molar-refractivity contribution in [2.24, 2.45) is 0 Å². The molecule has 0 saturated carbocycles. The molecule has 19 heavy (non-hydrogen) atoms. The lowest BCUT2D eigenvalue weighted by molar-refractivity contribution is 0.0691. The topological polar surface area (TPSA) is 71.4 Å². The zero-order valence-corrected chi connectivity index (χ0v) is 11.8. The first-order valence-corrected chi connectivity index (χ1v) is 7.30. The molecule has 0 bridgehead atoms. The number of hydrogen-bond donors (Lipinski definition) is 1. The largest absolute Gasteiger partial charge is 0.478 e. The van der Waals surface area contributed by atoms with Gasteiger partial charge in [-0.05, 0) is 37.1 Å². The zero-order valence-electron chi connectivity index (χ0n) is 10.3. The maximum absolute atomic E-state index is 13.5. The highest BCUT2D eigenvalue weighted by Gasteiger charge is 2.21. The first kappa shape index (κ1) is 15.7. The second kappa shape index (κ2) is 5.71.